The number of nitrogens with zero attached hydrogens (tertiary/aromatic N) is 2. The minimum absolute atomic E-state index is 0.0954. The first-order valence-electron chi connectivity index (χ1n) is 7.08. The number of hydroxylamine groups is 1. The summed E-state index contributed by atoms with van der Waals surface area (Å²) in [6, 6.07) is 8.30. The molecule has 1 aliphatic rings. The van der Waals surface area contributed by atoms with Crippen molar-refractivity contribution in [1.29, 1.82) is 0 Å². The molecule has 0 bridgehead atoms. The second-order valence-corrected chi connectivity index (χ2v) is 5.38. The molecule has 0 amide bonds. The second kappa shape index (κ2) is 5.31. The van der Waals surface area contributed by atoms with Crippen LogP contribution in [0.2, 0.25) is 0 Å². The Hall–Kier alpha value is -1.39. The number of imidazole rings is 1. The summed E-state index contributed by atoms with van der Waals surface area (Å²) >= 11 is 0. The topological polar surface area (TPSA) is 39.1 Å². The first kappa shape index (κ1) is 12.6. The van der Waals surface area contributed by atoms with Crippen LogP contribution >= 0.6 is 0 Å². The van der Waals surface area contributed by atoms with Gasteiger partial charge in [-0.2, -0.15) is 5.48 Å². The van der Waals surface area contributed by atoms with Crippen LogP contribution in [0.4, 0.5) is 0 Å². The fourth-order valence-corrected chi connectivity index (χ4v) is 2.81. The quantitative estimate of drug-likeness (QED) is 0.858. The molecule has 0 saturated heterocycles. The lowest BCUT2D eigenvalue weighted by Gasteiger charge is -2.17. The highest BCUT2D eigenvalue weighted by molar-refractivity contribution is 5.75. The summed E-state index contributed by atoms with van der Waals surface area (Å²) in [7, 11) is 2.05. The van der Waals surface area contributed by atoms with Gasteiger partial charge in [0.15, 0.2) is 0 Å². The van der Waals surface area contributed by atoms with Crippen molar-refractivity contribution in [2.24, 2.45) is 7.05 Å². The van der Waals surface area contributed by atoms with E-state index in [1.807, 2.05) is 18.2 Å². The molecule has 1 unspecified atom stereocenters. The van der Waals surface area contributed by atoms with Gasteiger partial charge in [0, 0.05) is 7.05 Å². The van der Waals surface area contributed by atoms with Crippen molar-refractivity contribution >= 4 is 11.0 Å². The number of aryl methyl sites for hydroxylation is 1. The third kappa shape index (κ3) is 2.51. The molecule has 1 fully saturated rings. The van der Waals surface area contributed by atoms with E-state index >= 15 is 0 Å². The maximum Gasteiger partial charge on any atom is 0.128 e. The fraction of sp³-hybridized carbons (Fsp3) is 0.533. The summed E-state index contributed by atoms with van der Waals surface area (Å²) in [4.78, 5) is 10.4. The monoisotopic (exact) mass is 259 g/mol. The van der Waals surface area contributed by atoms with Crippen molar-refractivity contribution in [3.05, 3.63) is 30.1 Å². The first-order valence-corrected chi connectivity index (χ1v) is 7.08. The van der Waals surface area contributed by atoms with Gasteiger partial charge in [-0.15, -0.1) is 0 Å². The Balaban J connectivity index is 1.73. The molecule has 1 saturated carbocycles. The molecule has 1 aromatic heterocycles. The molecule has 1 heterocycles. The number of aromatic nitrogens is 2. The van der Waals surface area contributed by atoms with Gasteiger partial charge in [-0.1, -0.05) is 25.0 Å². The van der Waals surface area contributed by atoms with Gasteiger partial charge in [-0.25, -0.2) is 4.98 Å². The zero-order valence-electron chi connectivity index (χ0n) is 11.6. The van der Waals surface area contributed by atoms with E-state index in [4.69, 9.17) is 4.84 Å². The Bertz CT molecular complexity index is 558. The third-order valence-electron chi connectivity index (χ3n) is 3.92. The molecule has 1 N–H and O–H groups in total. The second-order valence-electron chi connectivity index (χ2n) is 5.38. The van der Waals surface area contributed by atoms with Crippen molar-refractivity contribution in [2.75, 3.05) is 0 Å². The van der Waals surface area contributed by atoms with Crippen molar-refractivity contribution in [3.8, 4) is 0 Å². The summed E-state index contributed by atoms with van der Waals surface area (Å²) in [6.45, 7) is 2.09. The first-order chi connectivity index (χ1) is 9.25. The smallest absolute Gasteiger partial charge is 0.128 e. The number of hydrogen-bond acceptors (Lipinski definition) is 3. The van der Waals surface area contributed by atoms with Gasteiger partial charge in [0.2, 0.25) is 0 Å². The lowest BCUT2D eigenvalue weighted by molar-refractivity contribution is -0.0393. The van der Waals surface area contributed by atoms with E-state index in [0.29, 0.717) is 6.10 Å². The molecule has 1 aromatic carbocycles. The van der Waals surface area contributed by atoms with E-state index in [9.17, 15) is 0 Å². The Morgan fingerprint density at radius 2 is 2.05 bits per heavy atom. The highest BCUT2D eigenvalue weighted by atomic mass is 16.7. The van der Waals surface area contributed by atoms with Gasteiger partial charge in [0.05, 0.1) is 23.2 Å². The largest absolute Gasteiger partial charge is 0.330 e. The van der Waals surface area contributed by atoms with Crippen LogP contribution in [0, 0.1) is 0 Å². The Morgan fingerprint density at radius 1 is 1.32 bits per heavy atom. The Morgan fingerprint density at radius 3 is 2.79 bits per heavy atom. The number of benzene rings is 1. The van der Waals surface area contributed by atoms with Crippen LogP contribution in [0.25, 0.3) is 11.0 Å². The zero-order valence-corrected chi connectivity index (χ0v) is 11.6. The molecule has 0 radical (unpaired) electrons. The van der Waals surface area contributed by atoms with Crippen molar-refractivity contribution < 1.29 is 4.84 Å². The number of nitrogens with one attached hydrogen (secondary N) is 1. The standard InChI is InChI=1S/C15H21N3O/c1-11(17-19-12-7-3-4-8-12)15-16-13-9-5-6-10-14(13)18(15)2/h5-6,9-12,17H,3-4,7-8H2,1-2H3. The van der Waals surface area contributed by atoms with Crippen molar-refractivity contribution in [3.63, 3.8) is 0 Å². The summed E-state index contributed by atoms with van der Waals surface area (Å²) < 4.78 is 2.13. The van der Waals surface area contributed by atoms with E-state index in [1.165, 1.54) is 25.7 Å². The lowest BCUT2D eigenvalue weighted by atomic mass is 10.3. The SMILES string of the molecule is CC(NOC1CCCC1)c1nc2ccccc2n1C. The van der Waals surface area contributed by atoms with Gasteiger partial charge in [0.1, 0.15) is 5.82 Å². The maximum absolute atomic E-state index is 5.77. The van der Waals surface area contributed by atoms with Gasteiger partial charge < -0.3 is 4.57 Å². The maximum atomic E-state index is 5.77. The molecule has 2 aromatic rings. The van der Waals surface area contributed by atoms with Crippen LogP contribution < -0.4 is 5.48 Å². The van der Waals surface area contributed by atoms with E-state index in [2.05, 4.69) is 35.1 Å². The number of fused-ring (bicyclic) bond motifs is 1. The summed E-state index contributed by atoms with van der Waals surface area (Å²) in [5.41, 5.74) is 5.36. The highest BCUT2D eigenvalue weighted by Crippen LogP contribution is 2.22. The molecule has 4 nitrogen and oxygen atoms in total. The highest BCUT2D eigenvalue weighted by Gasteiger charge is 2.19. The summed E-state index contributed by atoms with van der Waals surface area (Å²) in [5.74, 6) is 1.01. The van der Waals surface area contributed by atoms with Crippen LogP contribution in [0.15, 0.2) is 24.3 Å². The van der Waals surface area contributed by atoms with E-state index in [-0.39, 0.29) is 6.04 Å². The average Bonchev–Trinajstić information content (AvgIpc) is 3.05. The van der Waals surface area contributed by atoms with E-state index in [1.54, 1.807) is 0 Å². The minimum atomic E-state index is 0.0954. The van der Waals surface area contributed by atoms with Crippen LogP contribution in [-0.2, 0) is 11.9 Å². The predicted octanol–water partition coefficient (Wildman–Crippen LogP) is 3.10. The zero-order chi connectivity index (χ0) is 13.2. The molecular formula is C15H21N3O. The van der Waals surface area contributed by atoms with Gasteiger partial charge in [0.25, 0.3) is 0 Å². The van der Waals surface area contributed by atoms with Crippen LogP contribution in [0.5, 0.6) is 0 Å². The van der Waals surface area contributed by atoms with E-state index in [0.717, 1.165) is 16.9 Å². The predicted molar refractivity (Wildman–Crippen MR) is 75.6 cm³/mol. The summed E-state index contributed by atoms with van der Waals surface area (Å²) in [6.07, 6.45) is 5.28. The van der Waals surface area contributed by atoms with Crippen LogP contribution in [0.3, 0.4) is 0 Å². The van der Waals surface area contributed by atoms with Crippen LogP contribution in [0.1, 0.15) is 44.5 Å². The molecule has 3 rings (SSSR count). The number of para-hydroxylation sites is 2. The minimum Gasteiger partial charge on any atom is -0.330 e. The molecular weight excluding hydrogens is 238 g/mol. The number of rotatable bonds is 4. The average molecular weight is 259 g/mol. The molecule has 4 heteroatoms. The van der Waals surface area contributed by atoms with Gasteiger partial charge in [-0.3, -0.25) is 4.84 Å². The van der Waals surface area contributed by atoms with Gasteiger partial charge >= 0.3 is 0 Å². The van der Waals surface area contributed by atoms with Crippen molar-refractivity contribution in [1.82, 2.24) is 15.0 Å². The van der Waals surface area contributed by atoms with Crippen LogP contribution in [-0.4, -0.2) is 15.7 Å². The molecule has 1 atom stereocenters. The Labute approximate surface area is 113 Å². The Kier molecular flexibility index (Phi) is 3.53. The van der Waals surface area contributed by atoms with E-state index < -0.39 is 0 Å². The van der Waals surface area contributed by atoms with Gasteiger partial charge in [-0.05, 0) is 31.9 Å². The molecule has 1 aliphatic carbocycles. The normalized spacial score (nSPS) is 18.2. The molecule has 102 valence electrons. The fourth-order valence-electron chi connectivity index (χ4n) is 2.81. The molecule has 0 spiro atoms. The van der Waals surface area contributed by atoms with Crippen molar-refractivity contribution in [2.45, 2.75) is 44.8 Å². The lowest BCUT2D eigenvalue weighted by Crippen LogP contribution is -2.26. The third-order valence-corrected chi connectivity index (χ3v) is 3.92. The molecule has 19 heavy (non-hydrogen) atoms. The number of hydrogen-bond donors (Lipinski definition) is 1. The summed E-state index contributed by atoms with van der Waals surface area (Å²) in [5, 5.41) is 0. The molecule has 0 aliphatic heterocycles.